The van der Waals surface area contributed by atoms with Gasteiger partial charge in [-0.1, -0.05) is 32.9 Å². The molecule has 0 radical (unpaired) electrons. The van der Waals surface area contributed by atoms with E-state index < -0.39 is 5.41 Å². The van der Waals surface area contributed by atoms with Crippen LogP contribution in [0.5, 0.6) is 5.75 Å². The van der Waals surface area contributed by atoms with Crippen LogP contribution in [0.2, 0.25) is 0 Å². The highest BCUT2D eigenvalue weighted by Gasteiger charge is 2.51. The standard InChI is InChI=1S/C27H32N4O2/c1-17-5-6-19(15-23(17)32)27(10-11-27)25(33)30-21-7-8-22-18(13-21)14-24(26(2,3)4)31(22)16-20(29)9-12-28/h5-8,13-15,20,32H,9-11,16,29H2,1-4H3,(H,30,33). The minimum absolute atomic E-state index is 0.0448. The second kappa shape index (κ2) is 8.24. The average Bonchev–Trinajstić information content (AvgIpc) is 3.47. The van der Waals surface area contributed by atoms with E-state index in [-0.39, 0.29) is 23.1 Å². The molecule has 1 fully saturated rings. The number of fused-ring (bicyclic) bond motifs is 1. The van der Waals surface area contributed by atoms with Crippen LogP contribution in [0.3, 0.4) is 0 Å². The van der Waals surface area contributed by atoms with Gasteiger partial charge in [0.25, 0.3) is 0 Å². The molecule has 1 aliphatic rings. The fourth-order valence-corrected chi connectivity index (χ4v) is 4.51. The molecule has 2 aromatic carbocycles. The monoisotopic (exact) mass is 444 g/mol. The van der Waals surface area contributed by atoms with E-state index in [0.29, 0.717) is 13.0 Å². The summed E-state index contributed by atoms with van der Waals surface area (Å²) in [5, 5.41) is 23.3. The maximum Gasteiger partial charge on any atom is 0.235 e. The molecule has 0 spiro atoms. The highest BCUT2D eigenvalue weighted by Crippen LogP contribution is 2.50. The summed E-state index contributed by atoms with van der Waals surface area (Å²) in [6.07, 6.45) is 1.84. The summed E-state index contributed by atoms with van der Waals surface area (Å²) in [6.45, 7) is 8.88. The Morgan fingerprint density at radius 2 is 1.97 bits per heavy atom. The van der Waals surface area contributed by atoms with Crippen molar-refractivity contribution in [2.45, 2.75) is 70.4 Å². The second-order valence-electron chi connectivity index (χ2n) is 10.3. The zero-order chi connectivity index (χ0) is 24.0. The number of hydrogen-bond acceptors (Lipinski definition) is 4. The highest BCUT2D eigenvalue weighted by atomic mass is 16.3. The van der Waals surface area contributed by atoms with E-state index in [2.05, 4.69) is 42.8 Å². The van der Waals surface area contributed by atoms with Crippen molar-refractivity contribution in [3.63, 3.8) is 0 Å². The van der Waals surface area contributed by atoms with Crippen molar-refractivity contribution in [1.82, 2.24) is 4.57 Å². The van der Waals surface area contributed by atoms with Crippen LogP contribution < -0.4 is 11.1 Å². The quantitative estimate of drug-likeness (QED) is 0.505. The Morgan fingerprint density at radius 3 is 2.58 bits per heavy atom. The Kier molecular flexibility index (Phi) is 5.71. The normalized spacial score (nSPS) is 15.8. The Bertz CT molecular complexity index is 1260. The van der Waals surface area contributed by atoms with Gasteiger partial charge in [-0.05, 0) is 61.2 Å². The van der Waals surface area contributed by atoms with Gasteiger partial charge >= 0.3 is 0 Å². The predicted octanol–water partition coefficient (Wildman–Crippen LogP) is 4.86. The van der Waals surface area contributed by atoms with E-state index in [0.717, 1.165) is 46.3 Å². The number of rotatable bonds is 6. The Hall–Kier alpha value is -3.30. The summed E-state index contributed by atoms with van der Waals surface area (Å²) in [5.41, 5.74) is 10.1. The third-order valence-corrected chi connectivity index (χ3v) is 6.64. The fourth-order valence-electron chi connectivity index (χ4n) is 4.51. The molecule has 6 nitrogen and oxygen atoms in total. The van der Waals surface area contributed by atoms with Crippen molar-refractivity contribution < 1.29 is 9.90 Å². The van der Waals surface area contributed by atoms with Crippen LogP contribution in [0, 0.1) is 18.3 Å². The molecule has 0 bridgehead atoms. The molecule has 1 atom stereocenters. The lowest BCUT2D eigenvalue weighted by Gasteiger charge is -2.23. The number of anilines is 1. The Balaban J connectivity index is 1.64. The van der Waals surface area contributed by atoms with Crippen LogP contribution in [-0.4, -0.2) is 21.6 Å². The minimum Gasteiger partial charge on any atom is -0.508 e. The number of carbonyl (C=O) groups excluding carboxylic acids is 1. The predicted molar refractivity (Wildman–Crippen MR) is 131 cm³/mol. The zero-order valence-electron chi connectivity index (χ0n) is 19.8. The van der Waals surface area contributed by atoms with Gasteiger partial charge in [0, 0.05) is 40.3 Å². The number of carbonyl (C=O) groups is 1. The Labute approximate surface area is 195 Å². The molecule has 1 aromatic heterocycles. The number of benzene rings is 2. The van der Waals surface area contributed by atoms with E-state index in [1.165, 1.54) is 0 Å². The van der Waals surface area contributed by atoms with Crippen molar-refractivity contribution in [2.24, 2.45) is 5.73 Å². The number of aromatic nitrogens is 1. The summed E-state index contributed by atoms with van der Waals surface area (Å²) in [6, 6.07) is 15.5. The molecule has 4 rings (SSSR count). The molecule has 1 heterocycles. The number of phenolic OH excluding ortho intramolecular Hbond substituents is 1. The molecule has 33 heavy (non-hydrogen) atoms. The van der Waals surface area contributed by atoms with Gasteiger partial charge in [0.15, 0.2) is 0 Å². The first kappa shape index (κ1) is 22.9. The number of nitrogens with one attached hydrogen (secondary N) is 1. The van der Waals surface area contributed by atoms with E-state index in [9.17, 15) is 9.90 Å². The van der Waals surface area contributed by atoms with E-state index in [1.54, 1.807) is 6.07 Å². The second-order valence-corrected chi connectivity index (χ2v) is 10.3. The van der Waals surface area contributed by atoms with E-state index in [4.69, 9.17) is 11.0 Å². The van der Waals surface area contributed by atoms with Gasteiger partial charge in [0.05, 0.1) is 17.9 Å². The van der Waals surface area contributed by atoms with Crippen molar-refractivity contribution in [3.05, 3.63) is 59.3 Å². The first-order valence-electron chi connectivity index (χ1n) is 11.4. The molecule has 1 amide bonds. The summed E-state index contributed by atoms with van der Waals surface area (Å²) >= 11 is 0. The first-order valence-corrected chi connectivity index (χ1v) is 11.4. The molecule has 1 aliphatic carbocycles. The number of aromatic hydroxyl groups is 1. The molecule has 172 valence electrons. The van der Waals surface area contributed by atoms with Crippen molar-refractivity contribution in [1.29, 1.82) is 5.26 Å². The van der Waals surface area contributed by atoms with Crippen LogP contribution in [-0.2, 0) is 22.2 Å². The summed E-state index contributed by atoms with van der Waals surface area (Å²) < 4.78 is 2.19. The molecule has 0 aliphatic heterocycles. The summed E-state index contributed by atoms with van der Waals surface area (Å²) in [4.78, 5) is 13.2. The lowest BCUT2D eigenvalue weighted by atomic mass is 9.92. The summed E-state index contributed by atoms with van der Waals surface area (Å²) in [5.74, 6) is 0.176. The summed E-state index contributed by atoms with van der Waals surface area (Å²) in [7, 11) is 0. The SMILES string of the molecule is Cc1ccc(C2(C(=O)Nc3ccc4c(c3)cc(C(C)(C)C)n4CC(N)CC#N)CC2)cc1O. The van der Waals surface area contributed by atoms with Crippen LogP contribution in [0.15, 0.2) is 42.5 Å². The molecule has 3 aromatic rings. The molecule has 1 unspecified atom stereocenters. The van der Waals surface area contributed by atoms with Gasteiger partial charge in [-0.3, -0.25) is 4.79 Å². The number of nitrogens with two attached hydrogens (primary N) is 1. The molecule has 0 saturated heterocycles. The maximum atomic E-state index is 13.2. The van der Waals surface area contributed by atoms with Crippen molar-refractivity contribution in [3.8, 4) is 11.8 Å². The first-order chi connectivity index (χ1) is 15.5. The highest BCUT2D eigenvalue weighted by molar-refractivity contribution is 6.02. The largest absolute Gasteiger partial charge is 0.508 e. The van der Waals surface area contributed by atoms with Gasteiger partial charge in [-0.25, -0.2) is 0 Å². The molecule has 6 heteroatoms. The van der Waals surface area contributed by atoms with E-state index in [1.807, 2.05) is 37.3 Å². The average molecular weight is 445 g/mol. The molecular weight excluding hydrogens is 412 g/mol. The van der Waals surface area contributed by atoms with Crippen LogP contribution in [0.1, 0.15) is 56.9 Å². The van der Waals surface area contributed by atoms with Crippen LogP contribution in [0.25, 0.3) is 10.9 Å². The lowest BCUT2D eigenvalue weighted by molar-refractivity contribution is -0.118. The van der Waals surface area contributed by atoms with Crippen molar-refractivity contribution in [2.75, 3.05) is 5.32 Å². The van der Waals surface area contributed by atoms with Crippen LogP contribution in [0.4, 0.5) is 5.69 Å². The van der Waals surface area contributed by atoms with E-state index >= 15 is 0 Å². The minimum atomic E-state index is -0.577. The lowest BCUT2D eigenvalue weighted by Crippen LogP contribution is -2.28. The smallest absolute Gasteiger partial charge is 0.235 e. The van der Waals surface area contributed by atoms with Gasteiger partial charge in [-0.15, -0.1) is 0 Å². The number of hydrogen-bond donors (Lipinski definition) is 3. The van der Waals surface area contributed by atoms with Crippen molar-refractivity contribution >= 4 is 22.5 Å². The van der Waals surface area contributed by atoms with Gasteiger partial charge < -0.3 is 20.7 Å². The third-order valence-electron chi connectivity index (χ3n) is 6.64. The molecule has 1 saturated carbocycles. The number of nitrogens with zero attached hydrogens (tertiary/aromatic N) is 2. The number of amides is 1. The number of aryl methyl sites for hydroxylation is 1. The third kappa shape index (κ3) is 4.34. The molecular formula is C27H32N4O2. The molecule has 4 N–H and O–H groups in total. The zero-order valence-corrected chi connectivity index (χ0v) is 19.8. The van der Waals surface area contributed by atoms with Gasteiger partial charge in [0.2, 0.25) is 5.91 Å². The maximum absolute atomic E-state index is 13.2. The Morgan fingerprint density at radius 1 is 1.24 bits per heavy atom. The fraction of sp³-hybridized carbons (Fsp3) is 0.407. The van der Waals surface area contributed by atoms with Crippen LogP contribution >= 0.6 is 0 Å². The van der Waals surface area contributed by atoms with Gasteiger partial charge in [-0.2, -0.15) is 5.26 Å². The number of phenols is 1. The number of nitriles is 1. The van der Waals surface area contributed by atoms with Gasteiger partial charge in [0.1, 0.15) is 5.75 Å². The topological polar surface area (TPSA) is 104 Å².